The maximum absolute atomic E-state index is 13.9. The van der Waals surface area contributed by atoms with Gasteiger partial charge in [-0.15, -0.1) is 0 Å². The second-order valence-corrected chi connectivity index (χ2v) is 7.51. The van der Waals surface area contributed by atoms with Crippen LogP contribution in [0.4, 0.5) is 4.39 Å². The molecule has 0 aliphatic carbocycles. The summed E-state index contributed by atoms with van der Waals surface area (Å²) in [4.78, 5) is 29.9. The lowest BCUT2D eigenvalue weighted by Gasteiger charge is -2.26. The predicted molar refractivity (Wildman–Crippen MR) is 105 cm³/mol. The second-order valence-electron chi connectivity index (χ2n) is 7.07. The summed E-state index contributed by atoms with van der Waals surface area (Å²) >= 11 is 6.04. The zero-order valence-electron chi connectivity index (χ0n) is 15.4. The smallest absolute Gasteiger partial charge is 0.290 e. The fourth-order valence-corrected chi connectivity index (χ4v) is 3.73. The van der Waals surface area contributed by atoms with E-state index in [1.807, 2.05) is 19.0 Å². The Bertz CT molecular complexity index is 1140. The zero-order chi connectivity index (χ0) is 20.0. The lowest BCUT2D eigenvalue weighted by atomic mass is 9.98. The first-order chi connectivity index (χ1) is 13.4. The lowest BCUT2D eigenvalue weighted by Crippen LogP contribution is -2.35. The van der Waals surface area contributed by atoms with Crippen LogP contribution >= 0.6 is 11.6 Å². The van der Waals surface area contributed by atoms with E-state index in [9.17, 15) is 14.0 Å². The molecule has 2 heterocycles. The molecule has 1 amide bonds. The molecule has 0 saturated heterocycles. The van der Waals surface area contributed by atoms with E-state index in [1.54, 1.807) is 29.2 Å². The number of likely N-dealkylation sites (N-methyl/N-ethyl adjacent to an activating group) is 1. The van der Waals surface area contributed by atoms with Crippen LogP contribution in [0.25, 0.3) is 11.0 Å². The number of fused-ring (bicyclic) bond motifs is 2. The molecular weight excluding hydrogens is 383 g/mol. The third-order valence-electron chi connectivity index (χ3n) is 4.88. The number of nitrogens with zero attached hydrogens (tertiary/aromatic N) is 2. The predicted octanol–water partition coefficient (Wildman–Crippen LogP) is 3.69. The van der Waals surface area contributed by atoms with E-state index in [2.05, 4.69) is 0 Å². The van der Waals surface area contributed by atoms with Crippen molar-refractivity contribution in [3.63, 3.8) is 0 Å². The highest BCUT2D eigenvalue weighted by atomic mass is 35.5. The van der Waals surface area contributed by atoms with Crippen LogP contribution in [-0.2, 0) is 0 Å². The number of benzene rings is 2. The van der Waals surface area contributed by atoms with Gasteiger partial charge in [-0.1, -0.05) is 23.7 Å². The number of carbonyl (C=O) groups excluding carboxylic acids is 1. The van der Waals surface area contributed by atoms with Gasteiger partial charge in [0.05, 0.1) is 17.0 Å². The van der Waals surface area contributed by atoms with Crippen LogP contribution in [0, 0.1) is 5.82 Å². The summed E-state index contributed by atoms with van der Waals surface area (Å²) in [7, 11) is 3.79. The summed E-state index contributed by atoms with van der Waals surface area (Å²) < 4.78 is 19.7. The molecule has 1 aromatic heterocycles. The zero-order valence-corrected chi connectivity index (χ0v) is 16.2. The van der Waals surface area contributed by atoms with Crippen molar-refractivity contribution in [2.75, 3.05) is 27.2 Å². The van der Waals surface area contributed by atoms with Crippen molar-refractivity contribution in [3.05, 3.63) is 80.4 Å². The summed E-state index contributed by atoms with van der Waals surface area (Å²) in [6.45, 7) is 0.957. The Kier molecular flexibility index (Phi) is 4.69. The van der Waals surface area contributed by atoms with Gasteiger partial charge in [-0.2, -0.15) is 0 Å². The van der Waals surface area contributed by atoms with E-state index in [0.717, 1.165) is 0 Å². The number of hydrogen-bond donors (Lipinski definition) is 0. The number of amides is 1. The summed E-state index contributed by atoms with van der Waals surface area (Å²) in [5.74, 6) is -0.799. The van der Waals surface area contributed by atoms with Crippen molar-refractivity contribution in [2.24, 2.45) is 0 Å². The Morgan fingerprint density at radius 2 is 1.96 bits per heavy atom. The van der Waals surface area contributed by atoms with Crippen molar-refractivity contribution in [3.8, 4) is 0 Å². The van der Waals surface area contributed by atoms with Crippen LogP contribution in [0.5, 0.6) is 0 Å². The first-order valence-electron chi connectivity index (χ1n) is 8.84. The van der Waals surface area contributed by atoms with Crippen molar-refractivity contribution < 1.29 is 13.6 Å². The fourth-order valence-electron chi connectivity index (χ4n) is 3.55. The normalized spacial score (nSPS) is 16.2. The minimum atomic E-state index is -0.710. The Labute approximate surface area is 165 Å². The van der Waals surface area contributed by atoms with Crippen molar-refractivity contribution >= 4 is 28.5 Å². The molecule has 1 aliphatic heterocycles. The van der Waals surface area contributed by atoms with Gasteiger partial charge in [-0.3, -0.25) is 9.59 Å². The molecule has 0 fully saturated rings. The SMILES string of the molecule is CN(C)CCN1C(=O)c2oc3ccc(Cl)cc3c(=O)c2[C@H]1c1cccc(F)c1. The van der Waals surface area contributed by atoms with Crippen LogP contribution in [0.15, 0.2) is 51.7 Å². The first-order valence-corrected chi connectivity index (χ1v) is 9.22. The third kappa shape index (κ3) is 3.08. The average Bonchev–Trinajstić information content (AvgIpc) is 2.93. The van der Waals surface area contributed by atoms with E-state index in [-0.39, 0.29) is 22.7 Å². The molecule has 0 spiro atoms. The Morgan fingerprint density at radius 3 is 2.68 bits per heavy atom. The maximum atomic E-state index is 13.9. The van der Waals surface area contributed by atoms with Crippen molar-refractivity contribution in [2.45, 2.75) is 6.04 Å². The Morgan fingerprint density at radius 1 is 1.18 bits per heavy atom. The number of carbonyl (C=O) groups is 1. The molecule has 2 aromatic carbocycles. The molecule has 0 unspecified atom stereocenters. The Hall–Kier alpha value is -2.70. The third-order valence-corrected chi connectivity index (χ3v) is 5.12. The van der Waals surface area contributed by atoms with Crippen LogP contribution in [0.1, 0.15) is 27.7 Å². The van der Waals surface area contributed by atoms with Gasteiger partial charge >= 0.3 is 0 Å². The lowest BCUT2D eigenvalue weighted by molar-refractivity contribution is 0.0716. The second kappa shape index (κ2) is 7.04. The van der Waals surface area contributed by atoms with E-state index < -0.39 is 11.9 Å². The van der Waals surface area contributed by atoms with Crippen molar-refractivity contribution in [1.82, 2.24) is 9.80 Å². The first kappa shape index (κ1) is 18.7. The molecule has 7 heteroatoms. The number of hydrogen-bond acceptors (Lipinski definition) is 4. The highest BCUT2D eigenvalue weighted by Crippen LogP contribution is 2.38. The molecule has 1 atom stereocenters. The highest BCUT2D eigenvalue weighted by molar-refractivity contribution is 6.31. The van der Waals surface area contributed by atoms with Gasteiger partial charge in [0.1, 0.15) is 11.4 Å². The average molecular weight is 401 g/mol. The Balaban J connectivity index is 1.96. The minimum absolute atomic E-state index is 0.00726. The van der Waals surface area contributed by atoms with Gasteiger partial charge in [0, 0.05) is 18.1 Å². The molecular formula is C21H18ClFN2O3. The molecule has 144 valence electrons. The van der Waals surface area contributed by atoms with Crippen LogP contribution < -0.4 is 5.43 Å². The summed E-state index contributed by atoms with van der Waals surface area (Å²) in [6, 6.07) is 9.94. The molecule has 28 heavy (non-hydrogen) atoms. The van der Waals surface area contributed by atoms with Gasteiger partial charge in [0.25, 0.3) is 5.91 Å². The molecule has 0 saturated carbocycles. The van der Waals surface area contributed by atoms with Gasteiger partial charge in [0.15, 0.2) is 5.43 Å². The molecule has 4 rings (SSSR count). The standard InChI is InChI=1S/C21H18ClFN2O3/c1-24(2)8-9-25-18(12-4-3-5-14(23)10-12)17-19(26)15-11-13(22)6-7-16(15)28-20(17)21(25)27/h3-7,10-11,18H,8-9H2,1-2H3/t18-/m1/s1. The van der Waals surface area contributed by atoms with E-state index >= 15 is 0 Å². The molecule has 0 radical (unpaired) electrons. The highest BCUT2D eigenvalue weighted by Gasteiger charge is 2.42. The van der Waals surface area contributed by atoms with E-state index in [0.29, 0.717) is 34.6 Å². The quantitative estimate of drug-likeness (QED) is 0.670. The topological polar surface area (TPSA) is 53.8 Å². The van der Waals surface area contributed by atoms with Crippen LogP contribution in [0.3, 0.4) is 0 Å². The molecule has 0 N–H and O–H groups in total. The van der Waals surface area contributed by atoms with E-state index in [4.69, 9.17) is 16.0 Å². The summed E-state index contributed by atoms with van der Waals surface area (Å²) in [5.41, 5.74) is 0.728. The minimum Gasteiger partial charge on any atom is -0.450 e. The molecule has 3 aromatic rings. The number of rotatable bonds is 4. The largest absolute Gasteiger partial charge is 0.450 e. The molecule has 1 aliphatic rings. The van der Waals surface area contributed by atoms with Gasteiger partial charge < -0.3 is 14.2 Å². The monoisotopic (exact) mass is 400 g/mol. The summed E-state index contributed by atoms with van der Waals surface area (Å²) in [6.07, 6.45) is 0. The maximum Gasteiger partial charge on any atom is 0.290 e. The number of halogens is 2. The van der Waals surface area contributed by atoms with Gasteiger partial charge in [0.2, 0.25) is 5.76 Å². The van der Waals surface area contributed by atoms with E-state index in [1.165, 1.54) is 18.2 Å². The molecule has 0 bridgehead atoms. The summed E-state index contributed by atoms with van der Waals surface area (Å²) in [5, 5.41) is 0.700. The fraction of sp³-hybridized carbons (Fsp3) is 0.238. The molecule has 5 nitrogen and oxygen atoms in total. The van der Waals surface area contributed by atoms with Gasteiger partial charge in [-0.05, 0) is 50.0 Å². The van der Waals surface area contributed by atoms with Crippen LogP contribution in [-0.4, -0.2) is 42.9 Å². The van der Waals surface area contributed by atoms with Gasteiger partial charge in [-0.25, -0.2) is 4.39 Å². The van der Waals surface area contributed by atoms with Crippen LogP contribution in [0.2, 0.25) is 5.02 Å². The van der Waals surface area contributed by atoms with Crippen molar-refractivity contribution in [1.29, 1.82) is 0 Å².